The minimum atomic E-state index is -1.44. The highest BCUT2D eigenvalue weighted by Gasteiger charge is 2.25. The molecule has 15 heavy (non-hydrogen) atoms. The van der Waals surface area contributed by atoms with E-state index in [0.29, 0.717) is 17.7 Å². The van der Waals surface area contributed by atoms with Crippen LogP contribution in [0.1, 0.15) is 38.3 Å². The first-order chi connectivity index (χ1) is 7.05. The summed E-state index contributed by atoms with van der Waals surface area (Å²) in [5.41, 5.74) is -1.44. The molecule has 0 bridgehead atoms. The van der Waals surface area contributed by atoms with E-state index in [1.54, 1.807) is 0 Å². The molecule has 1 aliphatic heterocycles. The lowest BCUT2D eigenvalue weighted by molar-refractivity contribution is 0.175. The zero-order valence-electron chi connectivity index (χ0n) is 9.22. The van der Waals surface area contributed by atoms with Gasteiger partial charge in [-0.1, -0.05) is 0 Å². The summed E-state index contributed by atoms with van der Waals surface area (Å²) in [7, 11) is 0. The number of alkyl halides is 1. The maximum Gasteiger partial charge on any atom is 0.196 e. The van der Waals surface area contributed by atoms with E-state index in [9.17, 15) is 4.39 Å². The van der Waals surface area contributed by atoms with Crippen molar-refractivity contribution in [2.75, 3.05) is 6.54 Å². The lowest BCUT2D eigenvalue weighted by Crippen LogP contribution is -2.23. The van der Waals surface area contributed by atoms with E-state index in [2.05, 4.69) is 10.3 Å². The predicted molar refractivity (Wildman–Crippen MR) is 55.4 cm³/mol. The second-order valence-electron chi connectivity index (χ2n) is 4.59. The number of nitrogens with zero attached hydrogens (tertiary/aromatic N) is 1. The summed E-state index contributed by atoms with van der Waals surface area (Å²) < 4.78 is 18.9. The number of hydrogen-bond donors (Lipinski definition) is 1. The van der Waals surface area contributed by atoms with Crippen LogP contribution in [0, 0.1) is 0 Å². The average Bonchev–Trinajstić information content (AvgIpc) is 2.73. The quantitative estimate of drug-likeness (QED) is 0.834. The Morgan fingerprint density at radius 2 is 2.47 bits per heavy atom. The third kappa shape index (κ3) is 2.56. The monoisotopic (exact) mass is 212 g/mol. The molecule has 84 valence electrons. The molecule has 1 aromatic rings. The van der Waals surface area contributed by atoms with E-state index < -0.39 is 5.67 Å². The fourth-order valence-corrected chi connectivity index (χ4v) is 1.82. The van der Waals surface area contributed by atoms with Crippen LogP contribution in [0.3, 0.4) is 0 Å². The maximum absolute atomic E-state index is 13.5. The Balaban J connectivity index is 2.00. The van der Waals surface area contributed by atoms with Crippen LogP contribution >= 0.6 is 0 Å². The highest BCUT2D eigenvalue weighted by molar-refractivity contribution is 5.04. The summed E-state index contributed by atoms with van der Waals surface area (Å²) in [6.07, 6.45) is 4.60. The molecular formula is C11H17FN2O. The highest BCUT2D eigenvalue weighted by Crippen LogP contribution is 2.25. The van der Waals surface area contributed by atoms with Crippen LogP contribution in [0.15, 0.2) is 10.6 Å². The van der Waals surface area contributed by atoms with E-state index >= 15 is 0 Å². The summed E-state index contributed by atoms with van der Waals surface area (Å²) in [6, 6.07) is 0.444. The van der Waals surface area contributed by atoms with Gasteiger partial charge in [-0.2, -0.15) is 0 Å². The molecule has 0 saturated carbocycles. The van der Waals surface area contributed by atoms with Crippen molar-refractivity contribution in [3.63, 3.8) is 0 Å². The minimum absolute atomic E-state index is 0.315. The van der Waals surface area contributed by atoms with Crippen molar-refractivity contribution in [1.82, 2.24) is 10.3 Å². The molecule has 3 nitrogen and oxygen atoms in total. The Kier molecular flexibility index (Phi) is 2.78. The molecular weight excluding hydrogens is 195 g/mol. The van der Waals surface area contributed by atoms with Crippen LogP contribution in [0.5, 0.6) is 0 Å². The number of halogens is 1. The minimum Gasteiger partial charge on any atom is -0.442 e. The van der Waals surface area contributed by atoms with Gasteiger partial charge in [0.1, 0.15) is 0 Å². The van der Waals surface area contributed by atoms with Crippen LogP contribution < -0.4 is 5.32 Å². The van der Waals surface area contributed by atoms with Crippen molar-refractivity contribution in [2.45, 2.75) is 44.8 Å². The molecule has 1 unspecified atom stereocenters. The normalized spacial score (nSPS) is 22.2. The average molecular weight is 212 g/mol. The summed E-state index contributed by atoms with van der Waals surface area (Å²) >= 11 is 0. The number of nitrogens with one attached hydrogen (secondary N) is 1. The van der Waals surface area contributed by atoms with Crippen molar-refractivity contribution in [3.05, 3.63) is 17.8 Å². The summed E-state index contributed by atoms with van der Waals surface area (Å²) in [5, 5.41) is 3.36. The van der Waals surface area contributed by atoms with Crippen molar-refractivity contribution in [2.24, 2.45) is 0 Å². The van der Waals surface area contributed by atoms with Crippen molar-refractivity contribution < 1.29 is 8.81 Å². The fourth-order valence-electron chi connectivity index (χ4n) is 1.82. The first-order valence-corrected chi connectivity index (χ1v) is 5.43. The molecule has 4 heteroatoms. The van der Waals surface area contributed by atoms with Gasteiger partial charge in [0.05, 0.1) is 6.20 Å². The van der Waals surface area contributed by atoms with Gasteiger partial charge in [-0.15, -0.1) is 0 Å². The zero-order valence-corrected chi connectivity index (χ0v) is 9.22. The van der Waals surface area contributed by atoms with Gasteiger partial charge in [0.2, 0.25) is 0 Å². The molecule has 1 atom stereocenters. The Bertz CT molecular complexity index is 324. The Morgan fingerprint density at radius 1 is 1.67 bits per heavy atom. The molecule has 2 heterocycles. The van der Waals surface area contributed by atoms with Gasteiger partial charge in [0, 0.05) is 12.5 Å². The van der Waals surface area contributed by atoms with Crippen LogP contribution in [-0.2, 0) is 12.1 Å². The molecule has 1 aromatic heterocycles. The van der Waals surface area contributed by atoms with Gasteiger partial charge in [-0.05, 0) is 33.2 Å². The van der Waals surface area contributed by atoms with E-state index in [1.165, 1.54) is 26.5 Å². The molecule has 0 spiro atoms. The molecule has 0 aromatic carbocycles. The molecule has 0 radical (unpaired) electrons. The Morgan fingerprint density at radius 3 is 3.00 bits per heavy atom. The molecule has 1 N–H and O–H groups in total. The lowest BCUT2D eigenvalue weighted by atomic mass is 10.1. The smallest absolute Gasteiger partial charge is 0.196 e. The fraction of sp³-hybridized carbons (Fsp3) is 0.727. The molecule has 2 rings (SSSR count). The largest absolute Gasteiger partial charge is 0.442 e. The van der Waals surface area contributed by atoms with Gasteiger partial charge < -0.3 is 9.73 Å². The molecule has 0 amide bonds. The van der Waals surface area contributed by atoms with Crippen molar-refractivity contribution >= 4 is 0 Å². The Labute approximate surface area is 89.1 Å². The number of oxazole rings is 1. The zero-order chi connectivity index (χ0) is 10.9. The lowest BCUT2D eigenvalue weighted by Gasteiger charge is -2.09. The van der Waals surface area contributed by atoms with Crippen LogP contribution in [0.2, 0.25) is 0 Å². The summed E-state index contributed by atoms with van der Waals surface area (Å²) in [6.45, 7) is 4.02. The van der Waals surface area contributed by atoms with E-state index in [1.807, 2.05) is 0 Å². The third-order valence-electron chi connectivity index (χ3n) is 2.72. The molecule has 1 aliphatic rings. The summed E-state index contributed by atoms with van der Waals surface area (Å²) in [5.74, 6) is 0.950. The SMILES string of the molecule is CC(C)(F)c1cnc(CC2CCCN2)o1. The van der Waals surface area contributed by atoms with Crippen molar-refractivity contribution in [3.8, 4) is 0 Å². The van der Waals surface area contributed by atoms with Gasteiger partial charge in [0.25, 0.3) is 0 Å². The van der Waals surface area contributed by atoms with Gasteiger partial charge in [0.15, 0.2) is 17.3 Å². The van der Waals surface area contributed by atoms with Gasteiger partial charge in [-0.3, -0.25) is 0 Å². The van der Waals surface area contributed by atoms with Gasteiger partial charge >= 0.3 is 0 Å². The van der Waals surface area contributed by atoms with Crippen LogP contribution in [-0.4, -0.2) is 17.6 Å². The topological polar surface area (TPSA) is 38.1 Å². The van der Waals surface area contributed by atoms with E-state index in [0.717, 1.165) is 19.4 Å². The van der Waals surface area contributed by atoms with Crippen molar-refractivity contribution in [1.29, 1.82) is 0 Å². The highest BCUT2D eigenvalue weighted by atomic mass is 19.1. The second-order valence-corrected chi connectivity index (χ2v) is 4.59. The first-order valence-electron chi connectivity index (χ1n) is 5.43. The second kappa shape index (κ2) is 3.93. The van der Waals surface area contributed by atoms with E-state index in [4.69, 9.17) is 4.42 Å². The van der Waals surface area contributed by atoms with Crippen LogP contribution in [0.25, 0.3) is 0 Å². The first kappa shape index (κ1) is 10.6. The number of rotatable bonds is 3. The van der Waals surface area contributed by atoms with Gasteiger partial charge in [-0.25, -0.2) is 9.37 Å². The molecule has 1 fully saturated rings. The van der Waals surface area contributed by atoms with E-state index in [-0.39, 0.29) is 0 Å². The standard InChI is InChI=1S/C11H17FN2O/c1-11(2,12)9-7-14-10(15-9)6-8-4-3-5-13-8/h7-8,13H,3-6H2,1-2H3. The number of hydrogen-bond acceptors (Lipinski definition) is 3. The van der Waals surface area contributed by atoms with Crippen LogP contribution in [0.4, 0.5) is 4.39 Å². The maximum atomic E-state index is 13.5. The third-order valence-corrected chi connectivity index (χ3v) is 2.72. The Hall–Kier alpha value is -0.900. The predicted octanol–water partition coefficient (Wildman–Crippen LogP) is 2.17. The number of aromatic nitrogens is 1. The summed E-state index contributed by atoms with van der Waals surface area (Å²) in [4.78, 5) is 4.10. The molecule has 0 aliphatic carbocycles. The molecule has 1 saturated heterocycles.